The van der Waals surface area contributed by atoms with Gasteiger partial charge in [0.05, 0.1) is 25.0 Å². The van der Waals surface area contributed by atoms with Crippen LogP contribution in [0.25, 0.3) is 0 Å². The van der Waals surface area contributed by atoms with Crippen molar-refractivity contribution in [2.75, 3.05) is 13.7 Å². The van der Waals surface area contributed by atoms with Crippen molar-refractivity contribution in [2.45, 2.75) is 39.3 Å². The molecule has 0 bridgehead atoms. The largest absolute Gasteiger partial charge is 0.480 e. The standard InChI is InChI=1S/C15H23N5O/c1-4-8-16-14(9-12-10-17-20(5-2)11-12)13-6-7-15(21-3)19-18-13/h6-7,10-11,14,16H,4-5,8-9H2,1-3H3. The lowest BCUT2D eigenvalue weighted by Crippen LogP contribution is -2.25. The zero-order valence-corrected chi connectivity index (χ0v) is 12.9. The molecule has 1 N–H and O–H groups in total. The van der Waals surface area contributed by atoms with Crippen LogP contribution in [0.4, 0.5) is 0 Å². The number of ether oxygens (including phenoxy) is 1. The summed E-state index contributed by atoms with van der Waals surface area (Å²) >= 11 is 0. The van der Waals surface area contributed by atoms with E-state index in [1.54, 1.807) is 7.11 Å². The van der Waals surface area contributed by atoms with E-state index in [2.05, 4.69) is 40.7 Å². The van der Waals surface area contributed by atoms with Crippen LogP contribution in [-0.4, -0.2) is 33.6 Å². The van der Waals surface area contributed by atoms with Crippen molar-refractivity contribution in [1.29, 1.82) is 0 Å². The molecule has 6 heteroatoms. The second kappa shape index (κ2) is 7.73. The molecule has 0 aliphatic rings. The molecule has 0 aliphatic heterocycles. The van der Waals surface area contributed by atoms with Gasteiger partial charge in [-0.1, -0.05) is 6.92 Å². The van der Waals surface area contributed by atoms with Crippen molar-refractivity contribution >= 4 is 0 Å². The molecule has 0 aromatic carbocycles. The Hall–Kier alpha value is -1.95. The van der Waals surface area contributed by atoms with Gasteiger partial charge in [0, 0.05) is 18.8 Å². The fourth-order valence-electron chi connectivity index (χ4n) is 2.15. The SMILES string of the molecule is CCCNC(Cc1cnn(CC)c1)c1ccc(OC)nn1. The maximum absolute atomic E-state index is 5.06. The minimum atomic E-state index is 0.137. The molecule has 2 rings (SSSR count). The quantitative estimate of drug-likeness (QED) is 0.805. The third-order valence-electron chi connectivity index (χ3n) is 3.32. The van der Waals surface area contributed by atoms with E-state index in [0.717, 1.165) is 31.6 Å². The summed E-state index contributed by atoms with van der Waals surface area (Å²) in [6.07, 6.45) is 5.92. The van der Waals surface area contributed by atoms with Crippen LogP contribution >= 0.6 is 0 Å². The lowest BCUT2D eigenvalue weighted by atomic mass is 10.1. The highest BCUT2D eigenvalue weighted by Crippen LogP contribution is 2.17. The maximum Gasteiger partial charge on any atom is 0.233 e. The number of nitrogens with one attached hydrogen (secondary N) is 1. The molecule has 1 atom stereocenters. The van der Waals surface area contributed by atoms with Crippen LogP contribution in [0.5, 0.6) is 5.88 Å². The summed E-state index contributed by atoms with van der Waals surface area (Å²) in [5.74, 6) is 0.534. The van der Waals surface area contributed by atoms with E-state index in [0.29, 0.717) is 5.88 Å². The van der Waals surface area contributed by atoms with E-state index in [4.69, 9.17) is 4.74 Å². The number of rotatable bonds is 8. The van der Waals surface area contributed by atoms with Crippen LogP contribution in [0.3, 0.4) is 0 Å². The van der Waals surface area contributed by atoms with Gasteiger partial charge in [-0.25, -0.2) is 0 Å². The van der Waals surface area contributed by atoms with Gasteiger partial charge in [-0.15, -0.1) is 5.10 Å². The van der Waals surface area contributed by atoms with Gasteiger partial charge in [-0.05, 0) is 37.9 Å². The predicted molar refractivity (Wildman–Crippen MR) is 81.2 cm³/mol. The highest BCUT2D eigenvalue weighted by atomic mass is 16.5. The van der Waals surface area contributed by atoms with E-state index in [1.807, 2.05) is 23.0 Å². The summed E-state index contributed by atoms with van der Waals surface area (Å²) in [6, 6.07) is 3.94. The Morgan fingerprint density at radius 3 is 2.71 bits per heavy atom. The Balaban J connectivity index is 2.12. The summed E-state index contributed by atoms with van der Waals surface area (Å²) in [5.41, 5.74) is 2.12. The molecule has 0 saturated heterocycles. The summed E-state index contributed by atoms with van der Waals surface area (Å²) in [6.45, 7) is 6.06. The van der Waals surface area contributed by atoms with Crippen molar-refractivity contribution in [3.63, 3.8) is 0 Å². The van der Waals surface area contributed by atoms with Crippen LogP contribution in [0, 0.1) is 0 Å². The van der Waals surface area contributed by atoms with Crippen LogP contribution in [0.2, 0.25) is 0 Å². The monoisotopic (exact) mass is 289 g/mol. The Morgan fingerprint density at radius 2 is 2.14 bits per heavy atom. The number of aryl methyl sites for hydroxylation is 1. The van der Waals surface area contributed by atoms with Crippen LogP contribution < -0.4 is 10.1 Å². The number of aromatic nitrogens is 4. The summed E-state index contributed by atoms with van der Waals surface area (Å²) in [4.78, 5) is 0. The third kappa shape index (κ3) is 4.26. The number of hydrogen-bond donors (Lipinski definition) is 1. The van der Waals surface area contributed by atoms with E-state index in [-0.39, 0.29) is 6.04 Å². The fourth-order valence-corrected chi connectivity index (χ4v) is 2.15. The van der Waals surface area contributed by atoms with Crippen molar-refractivity contribution in [3.05, 3.63) is 35.8 Å². The van der Waals surface area contributed by atoms with E-state index in [9.17, 15) is 0 Å². The van der Waals surface area contributed by atoms with Gasteiger partial charge < -0.3 is 10.1 Å². The maximum atomic E-state index is 5.06. The minimum Gasteiger partial charge on any atom is -0.480 e. The van der Waals surface area contributed by atoms with E-state index >= 15 is 0 Å². The number of methoxy groups -OCH3 is 1. The highest BCUT2D eigenvalue weighted by molar-refractivity contribution is 5.17. The van der Waals surface area contributed by atoms with E-state index in [1.165, 1.54) is 5.56 Å². The summed E-state index contributed by atoms with van der Waals surface area (Å²) < 4.78 is 7.00. The van der Waals surface area contributed by atoms with Crippen molar-refractivity contribution < 1.29 is 4.74 Å². The summed E-state index contributed by atoms with van der Waals surface area (Å²) in [7, 11) is 1.59. The van der Waals surface area contributed by atoms with Crippen LogP contribution in [0.1, 0.15) is 37.6 Å². The molecular formula is C15H23N5O. The zero-order valence-electron chi connectivity index (χ0n) is 12.9. The molecule has 0 saturated carbocycles. The molecule has 0 aliphatic carbocycles. The van der Waals surface area contributed by atoms with E-state index < -0.39 is 0 Å². The molecule has 1 unspecified atom stereocenters. The molecule has 0 fully saturated rings. The lowest BCUT2D eigenvalue weighted by molar-refractivity contribution is 0.389. The Labute approximate surface area is 125 Å². The molecule has 2 heterocycles. The zero-order chi connectivity index (χ0) is 15.1. The van der Waals surface area contributed by atoms with Crippen molar-refractivity contribution in [3.8, 4) is 5.88 Å². The average Bonchev–Trinajstić information content (AvgIpc) is 2.99. The van der Waals surface area contributed by atoms with Crippen LogP contribution in [0.15, 0.2) is 24.5 Å². The predicted octanol–water partition coefficient (Wildman–Crippen LogP) is 1.98. The first kappa shape index (κ1) is 15.4. The first-order valence-corrected chi connectivity index (χ1v) is 7.39. The normalized spacial score (nSPS) is 12.3. The van der Waals surface area contributed by atoms with Gasteiger partial charge in [-0.2, -0.15) is 10.2 Å². The second-order valence-electron chi connectivity index (χ2n) is 4.92. The molecule has 0 radical (unpaired) electrons. The Bertz CT molecular complexity index is 537. The van der Waals surface area contributed by atoms with Gasteiger partial charge in [-0.3, -0.25) is 4.68 Å². The first-order chi connectivity index (χ1) is 10.3. The molecule has 21 heavy (non-hydrogen) atoms. The topological polar surface area (TPSA) is 64.9 Å². The lowest BCUT2D eigenvalue weighted by Gasteiger charge is -2.16. The highest BCUT2D eigenvalue weighted by Gasteiger charge is 2.15. The number of nitrogens with zero attached hydrogens (tertiary/aromatic N) is 4. The molecule has 114 valence electrons. The Kier molecular flexibility index (Phi) is 5.68. The molecule has 6 nitrogen and oxygen atoms in total. The van der Waals surface area contributed by atoms with Crippen molar-refractivity contribution in [1.82, 2.24) is 25.3 Å². The van der Waals surface area contributed by atoms with Gasteiger partial charge in [0.2, 0.25) is 5.88 Å². The van der Waals surface area contributed by atoms with Gasteiger partial charge in [0.1, 0.15) is 0 Å². The van der Waals surface area contributed by atoms with Crippen molar-refractivity contribution in [2.24, 2.45) is 0 Å². The van der Waals surface area contributed by atoms with Gasteiger partial charge in [0.15, 0.2) is 0 Å². The molecule has 2 aromatic heterocycles. The van der Waals surface area contributed by atoms with Gasteiger partial charge >= 0.3 is 0 Å². The molecule has 0 spiro atoms. The Morgan fingerprint density at radius 1 is 1.29 bits per heavy atom. The second-order valence-corrected chi connectivity index (χ2v) is 4.92. The molecule has 0 amide bonds. The smallest absolute Gasteiger partial charge is 0.233 e. The first-order valence-electron chi connectivity index (χ1n) is 7.39. The summed E-state index contributed by atoms with van der Waals surface area (Å²) in [5, 5.41) is 16.2. The fraction of sp³-hybridized carbons (Fsp3) is 0.533. The molecular weight excluding hydrogens is 266 g/mol. The molecule has 2 aromatic rings. The average molecular weight is 289 g/mol. The van der Waals surface area contributed by atoms with Gasteiger partial charge in [0.25, 0.3) is 0 Å². The number of hydrogen-bond acceptors (Lipinski definition) is 5. The minimum absolute atomic E-state index is 0.137. The van der Waals surface area contributed by atoms with Crippen LogP contribution in [-0.2, 0) is 13.0 Å². The third-order valence-corrected chi connectivity index (χ3v) is 3.32.